The zero-order valence-electron chi connectivity index (χ0n) is 25.8. The summed E-state index contributed by atoms with van der Waals surface area (Å²) < 4.78 is 5.48. The number of aryl methyl sites for hydroxylation is 1. The van der Waals surface area contributed by atoms with E-state index >= 15 is 0 Å². The maximum Gasteiger partial charge on any atom is 0.255 e. The van der Waals surface area contributed by atoms with Gasteiger partial charge in [-0.25, -0.2) is 19.9 Å². The lowest BCUT2D eigenvalue weighted by molar-refractivity contribution is 0.102. The SMILES string of the molecule is Cc1ccc(NC(=O)c2cc(N3CCN(C)CC3)cc(C(C)(C)N)c2)cc1Nc1ncnc2cnc(N3CCOCC3)nc12. The van der Waals surface area contributed by atoms with Crippen LogP contribution >= 0.6 is 0 Å². The Kier molecular flexibility index (Phi) is 8.30. The highest BCUT2D eigenvalue weighted by atomic mass is 16.5. The molecule has 0 spiro atoms. The Morgan fingerprint density at radius 2 is 1.73 bits per heavy atom. The number of rotatable bonds is 7. The number of fused-ring (bicyclic) bond motifs is 1. The number of morpholine rings is 1. The summed E-state index contributed by atoms with van der Waals surface area (Å²) in [5.74, 6) is 0.986. The number of aromatic nitrogens is 4. The summed E-state index contributed by atoms with van der Waals surface area (Å²) in [5.41, 5.74) is 12.1. The van der Waals surface area contributed by atoms with Crippen molar-refractivity contribution in [2.45, 2.75) is 26.3 Å². The monoisotopic (exact) mass is 596 g/mol. The van der Waals surface area contributed by atoms with Crippen LogP contribution in [0.5, 0.6) is 0 Å². The Morgan fingerprint density at radius 1 is 0.955 bits per heavy atom. The molecule has 4 N–H and O–H groups in total. The van der Waals surface area contributed by atoms with Gasteiger partial charge in [0.2, 0.25) is 5.95 Å². The van der Waals surface area contributed by atoms with E-state index in [1.165, 1.54) is 6.33 Å². The van der Waals surface area contributed by atoms with Crippen LogP contribution in [-0.4, -0.2) is 90.3 Å². The predicted octanol–water partition coefficient (Wildman–Crippen LogP) is 3.51. The highest BCUT2D eigenvalue weighted by Gasteiger charge is 2.22. The van der Waals surface area contributed by atoms with Crippen LogP contribution in [0.2, 0.25) is 0 Å². The van der Waals surface area contributed by atoms with Gasteiger partial charge in [-0.1, -0.05) is 6.07 Å². The number of piperazine rings is 1. The third-order valence-corrected chi connectivity index (χ3v) is 8.20. The molecule has 0 aliphatic carbocycles. The zero-order valence-corrected chi connectivity index (χ0v) is 25.8. The summed E-state index contributed by atoms with van der Waals surface area (Å²) in [7, 11) is 2.13. The third-order valence-electron chi connectivity index (χ3n) is 8.20. The normalized spacial score (nSPS) is 16.3. The molecule has 2 aliphatic heterocycles. The Hall–Kier alpha value is -4.39. The lowest BCUT2D eigenvalue weighted by Gasteiger charge is -2.35. The highest BCUT2D eigenvalue weighted by molar-refractivity contribution is 6.05. The van der Waals surface area contributed by atoms with Crippen LogP contribution in [0.25, 0.3) is 11.0 Å². The number of carbonyl (C=O) groups is 1. The van der Waals surface area contributed by atoms with Gasteiger partial charge in [0.1, 0.15) is 17.4 Å². The third kappa shape index (κ3) is 6.57. The van der Waals surface area contributed by atoms with Gasteiger partial charge in [0.25, 0.3) is 5.91 Å². The second-order valence-corrected chi connectivity index (χ2v) is 12.1. The molecule has 2 saturated heterocycles. The average Bonchev–Trinajstić information content (AvgIpc) is 3.02. The first-order valence-corrected chi connectivity index (χ1v) is 15.0. The number of hydrogen-bond acceptors (Lipinski definition) is 11. The van der Waals surface area contributed by atoms with Crippen LogP contribution < -0.4 is 26.2 Å². The molecule has 2 aromatic carbocycles. The minimum atomic E-state index is -0.593. The summed E-state index contributed by atoms with van der Waals surface area (Å²) in [5, 5.41) is 6.51. The van der Waals surface area contributed by atoms with Crippen molar-refractivity contribution in [2.75, 3.05) is 80.0 Å². The fourth-order valence-corrected chi connectivity index (χ4v) is 5.38. The van der Waals surface area contributed by atoms with Crippen LogP contribution in [0, 0.1) is 6.92 Å². The Balaban J connectivity index is 1.25. The van der Waals surface area contributed by atoms with E-state index in [2.05, 4.69) is 53.4 Å². The van der Waals surface area contributed by atoms with Crippen molar-refractivity contribution in [3.63, 3.8) is 0 Å². The first kappa shape index (κ1) is 29.7. The van der Waals surface area contributed by atoms with Crippen molar-refractivity contribution in [3.05, 3.63) is 65.6 Å². The van der Waals surface area contributed by atoms with E-state index in [4.69, 9.17) is 15.5 Å². The topological polar surface area (TPSA) is 138 Å². The van der Waals surface area contributed by atoms with Crippen molar-refractivity contribution in [1.29, 1.82) is 0 Å². The lowest BCUT2D eigenvalue weighted by atomic mass is 9.92. The Morgan fingerprint density at radius 3 is 2.48 bits per heavy atom. The molecule has 44 heavy (non-hydrogen) atoms. The quantitative estimate of drug-likeness (QED) is 0.289. The predicted molar refractivity (Wildman–Crippen MR) is 174 cm³/mol. The van der Waals surface area contributed by atoms with Gasteiger partial charge < -0.3 is 35.8 Å². The molecule has 1 amide bonds. The fourth-order valence-electron chi connectivity index (χ4n) is 5.38. The molecule has 0 radical (unpaired) electrons. The summed E-state index contributed by atoms with van der Waals surface area (Å²) in [6.07, 6.45) is 3.21. The van der Waals surface area contributed by atoms with Gasteiger partial charge in [0.05, 0.1) is 19.4 Å². The largest absolute Gasteiger partial charge is 0.378 e. The molecule has 2 aliphatic rings. The molecule has 2 aromatic heterocycles. The molecule has 230 valence electrons. The molecule has 2 fully saturated rings. The van der Waals surface area contributed by atoms with Gasteiger partial charge in [-0.3, -0.25) is 4.79 Å². The molecule has 0 atom stereocenters. The summed E-state index contributed by atoms with van der Waals surface area (Å²) in [6.45, 7) is 12.4. The number of carbonyl (C=O) groups excluding carboxylic acids is 1. The van der Waals surface area contributed by atoms with Crippen LogP contribution in [-0.2, 0) is 10.3 Å². The lowest BCUT2D eigenvalue weighted by Crippen LogP contribution is -2.44. The van der Waals surface area contributed by atoms with Crippen LogP contribution in [0.1, 0.15) is 35.3 Å². The maximum atomic E-state index is 13.6. The zero-order chi connectivity index (χ0) is 30.8. The summed E-state index contributed by atoms with van der Waals surface area (Å²) in [4.78, 5) is 38.5. The van der Waals surface area contributed by atoms with E-state index in [1.807, 2.05) is 51.1 Å². The van der Waals surface area contributed by atoms with Gasteiger partial charge in [-0.2, -0.15) is 0 Å². The van der Waals surface area contributed by atoms with Crippen molar-refractivity contribution >= 4 is 45.8 Å². The number of nitrogens with zero attached hydrogens (tertiary/aromatic N) is 7. The van der Waals surface area contributed by atoms with Gasteiger partial charge in [-0.05, 0) is 69.3 Å². The molecule has 12 nitrogen and oxygen atoms in total. The molecule has 0 unspecified atom stereocenters. The Labute approximate surface area is 257 Å². The van der Waals surface area contributed by atoms with Crippen LogP contribution in [0.3, 0.4) is 0 Å². The van der Waals surface area contributed by atoms with Gasteiger partial charge in [0, 0.05) is 67.4 Å². The van der Waals surface area contributed by atoms with Gasteiger partial charge in [-0.15, -0.1) is 0 Å². The number of ether oxygens (including phenoxy) is 1. The number of benzene rings is 2. The summed E-state index contributed by atoms with van der Waals surface area (Å²) >= 11 is 0. The first-order valence-electron chi connectivity index (χ1n) is 15.0. The van der Waals surface area contributed by atoms with Gasteiger partial charge >= 0.3 is 0 Å². The van der Waals surface area contributed by atoms with Crippen molar-refractivity contribution < 1.29 is 9.53 Å². The molecular weight excluding hydrogens is 556 g/mol. The molecule has 4 aromatic rings. The standard InChI is InChI=1S/C32H40N10O2/c1-21-5-6-24(37-30(43)22-15-23(32(2,3)33)17-25(16-22)41-9-7-40(4)8-10-41)18-26(21)38-29-28-27(35-20-36-29)19-34-31(39-28)42-11-13-44-14-12-42/h5-6,15-20H,7-14,33H2,1-4H3,(H,37,43)(H,35,36,38). The first-order chi connectivity index (χ1) is 21.1. The molecular formula is C32H40N10O2. The van der Waals surface area contributed by atoms with E-state index < -0.39 is 5.54 Å². The van der Waals surface area contributed by atoms with E-state index in [1.54, 1.807) is 6.20 Å². The average molecular weight is 597 g/mol. The minimum absolute atomic E-state index is 0.198. The van der Waals surface area contributed by atoms with E-state index in [-0.39, 0.29) is 5.91 Å². The number of hydrogen-bond donors (Lipinski definition) is 3. The number of nitrogens with one attached hydrogen (secondary N) is 2. The number of nitrogens with two attached hydrogens (primary N) is 1. The minimum Gasteiger partial charge on any atom is -0.378 e. The molecule has 0 bridgehead atoms. The molecule has 6 rings (SSSR count). The number of amides is 1. The van der Waals surface area contributed by atoms with Crippen molar-refractivity contribution in [1.82, 2.24) is 24.8 Å². The van der Waals surface area contributed by atoms with Crippen molar-refractivity contribution in [3.8, 4) is 0 Å². The van der Waals surface area contributed by atoms with Crippen LogP contribution in [0.4, 0.5) is 28.8 Å². The van der Waals surface area contributed by atoms with Crippen molar-refractivity contribution in [2.24, 2.45) is 5.73 Å². The summed E-state index contributed by atoms with van der Waals surface area (Å²) in [6, 6.07) is 11.7. The highest BCUT2D eigenvalue weighted by Crippen LogP contribution is 2.29. The fraction of sp³-hybridized carbons (Fsp3) is 0.406. The maximum absolute atomic E-state index is 13.6. The van der Waals surface area contributed by atoms with E-state index in [0.29, 0.717) is 47.3 Å². The smallest absolute Gasteiger partial charge is 0.255 e. The second kappa shape index (κ2) is 12.3. The number of anilines is 5. The van der Waals surface area contributed by atoms with E-state index in [9.17, 15) is 4.79 Å². The number of likely N-dealkylation sites (N-methyl/N-ethyl adjacent to an activating group) is 1. The Bertz CT molecular complexity index is 1660. The van der Waals surface area contributed by atoms with Crippen LogP contribution in [0.15, 0.2) is 48.9 Å². The van der Waals surface area contributed by atoms with Gasteiger partial charge in [0.15, 0.2) is 5.82 Å². The molecule has 0 saturated carbocycles. The molecule has 4 heterocycles. The second-order valence-electron chi connectivity index (χ2n) is 12.1. The molecule has 12 heteroatoms. The van der Waals surface area contributed by atoms with E-state index in [0.717, 1.165) is 61.8 Å².